The van der Waals surface area contributed by atoms with Gasteiger partial charge in [-0.1, -0.05) is 35.3 Å². The van der Waals surface area contributed by atoms with E-state index in [-0.39, 0.29) is 17.6 Å². The summed E-state index contributed by atoms with van der Waals surface area (Å²) in [7, 11) is 0. The van der Waals surface area contributed by atoms with Gasteiger partial charge in [-0.15, -0.1) is 0 Å². The zero-order valence-electron chi connectivity index (χ0n) is 9.85. The number of anilines is 2. The van der Waals surface area contributed by atoms with Crippen LogP contribution < -0.4 is 11.1 Å². The Kier molecular flexibility index (Phi) is 4.42. The molecule has 5 nitrogen and oxygen atoms in total. The highest BCUT2D eigenvalue weighted by Crippen LogP contribution is 2.19. The molecule has 100 valence electrons. The summed E-state index contributed by atoms with van der Waals surface area (Å²) in [5.41, 5.74) is 6.19. The average molecular weight is 299 g/mol. The van der Waals surface area contributed by atoms with E-state index in [1.54, 1.807) is 24.3 Å². The number of aromatic nitrogens is 2. The van der Waals surface area contributed by atoms with Crippen LogP contribution in [-0.4, -0.2) is 21.6 Å². The summed E-state index contributed by atoms with van der Waals surface area (Å²) in [5, 5.41) is 13.8. The summed E-state index contributed by atoms with van der Waals surface area (Å²) in [6.07, 6.45) is -0.714. The van der Waals surface area contributed by atoms with Gasteiger partial charge in [0, 0.05) is 17.6 Å². The van der Waals surface area contributed by atoms with Crippen LogP contribution in [0, 0.1) is 0 Å². The van der Waals surface area contributed by atoms with E-state index in [0.29, 0.717) is 16.4 Å². The maximum absolute atomic E-state index is 10.0. The molecule has 0 unspecified atom stereocenters. The number of halogens is 2. The quantitative estimate of drug-likeness (QED) is 0.755. The molecule has 1 aromatic heterocycles. The smallest absolute Gasteiger partial charge is 0.223 e. The molecule has 0 aliphatic heterocycles. The molecule has 1 atom stereocenters. The summed E-state index contributed by atoms with van der Waals surface area (Å²) >= 11 is 11.6. The van der Waals surface area contributed by atoms with Crippen molar-refractivity contribution in [3.63, 3.8) is 0 Å². The molecule has 19 heavy (non-hydrogen) atoms. The Balaban J connectivity index is 2.02. The first-order chi connectivity index (χ1) is 9.04. The number of aliphatic hydroxyl groups is 1. The lowest BCUT2D eigenvalue weighted by Crippen LogP contribution is -2.13. The molecule has 2 rings (SSSR count). The monoisotopic (exact) mass is 298 g/mol. The van der Waals surface area contributed by atoms with Crippen LogP contribution in [0.25, 0.3) is 0 Å². The fourth-order valence-electron chi connectivity index (χ4n) is 1.56. The van der Waals surface area contributed by atoms with Crippen LogP contribution in [0.3, 0.4) is 0 Å². The molecule has 0 bridgehead atoms. The molecular formula is C12H12Cl2N4O. The first-order valence-electron chi connectivity index (χ1n) is 5.52. The molecule has 4 N–H and O–H groups in total. The molecule has 0 spiro atoms. The van der Waals surface area contributed by atoms with Gasteiger partial charge in [0.25, 0.3) is 0 Å². The molecule has 1 heterocycles. The van der Waals surface area contributed by atoms with Gasteiger partial charge in [-0.25, -0.2) is 4.98 Å². The number of hydrogen-bond donors (Lipinski definition) is 3. The number of nitrogens with one attached hydrogen (secondary N) is 1. The zero-order valence-corrected chi connectivity index (χ0v) is 11.4. The second-order valence-corrected chi connectivity index (χ2v) is 4.71. The fraction of sp³-hybridized carbons (Fsp3) is 0.167. The fourth-order valence-corrected chi connectivity index (χ4v) is 1.95. The van der Waals surface area contributed by atoms with Gasteiger partial charge in [0.15, 0.2) is 0 Å². The van der Waals surface area contributed by atoms with Crippen molar-refractivity contribution in [1.29, 1.82) is 0 Å². The number of nitrogen functional groups attached to an aromatic ring is 1. The second-order valence-electron chi connectivity index (χ2n) is 3.89. The normalized spacial score (nSPS) is 12.2. The van der Waals surface area contributed by atoms with Gasteiger partial charge in [-0.2, -0.15) is 4.98 Å². The van der Waals surface area contributed by atoms with Crippen molar-refractivity contribution in [3.8, 4) is 0 Å². The molecule has 1 aromatic carbocycles. The number of aliphatic hydroxyl groups excluding tert-OH is 1. The molecule has 7 heteroatoms. The van der Waals surface area contributed by atoms with Crippen molar-refractivity contribution < 1.29 is 5.11 Å². The van der Waals surface area contributed by atoms with E-state index in [2.05, 4.69) is 15.3 Å². The molecule has 0 radical (unpaired) electrons. The summed E-state index contributed by atoms with van der Waals surface area (Å²) < 4.78 is 0. The van der Waals surface area contributed by atoms with Crippen LogP contribution in [0.5, 0.6) is 0 Å². The van der Waals surface area contributed by atoms with Gasteiger partial charge in [-0.05, 0) is 17.7 Å². The topological polar surface area (TPSA) is 84.1 Å². The lowest BCUT2D eigenvalue weighted by Gasteiger charge is -2.13. The number of nitrogens with zero attached hydrogens (tertiary/aromatic N) is 2. The molecule has 2 aromatic rings. The highest BCUT2D eigenvalue weighted by Gasteiger charge is 2.08. The first-order valence-corrected chi connectivity index (χ1v) is 6.27. The van der Waals surface area contributed by atoms with Gasteiger partial charge in [0.2, 0.25) is 5.95 Å². The summed E-state index contributed by atoms with van der Waals surface area (Å²) in [6.45, 7) is 0.257. The van der Waals surface area contributed by atoms with E-state index < -0.39 is 6.10 Å². The van der Waals surface area contributed by atoms with Crippen molar-refractivity contribution >= 4 is 35.0 Å². The third-order valence-electron chi connectivity index (χ3n) is 2.42. The Morgan fingerprint density at radius 2 is 2.05 bits per heavy atom. The number of nitrogens with two attached hydrogens (primary N) is 1. The predicted octanol–water partition coefficient (Wildman–Crippen LogP) is 2.51. The molecule has 0 aliphatic rings. The highest BCUT2D eigenvalue weighted by atomic mass is 35.5. The third kappa shape index (κ3) is 3.96. The molecular weight excluding hydrogens is 287 g/mol. The van der Waals surface area contributed by atoms with E-state index in [1.807, 2.05) is 0 Å². The standard InChI is InChI=1S/C12H12Cl2N4O/c13-8-3-1-2-7(4-8)9(19)6-16-11-5-10(14)17-12(15)18-11/h1-5,9,19H,6H2,(H3,15,16,17,18)/t9-/m0/s1. The SMILES string of the molecule is Nc1nc(Cl)cc(NC[C@H](O)c2cccc(Cl)c2)n1. The summed E-state index contributed by atoms with van der Waals surface area (Å²) in [5.74, 6) is 0.533. The van der Waals surface area contributed by atoms with Crippen molar-refractivity contribution in [2.24, 2.45) is 0 Å². The van der Waals surface area contributed by atoms with Crippen LogP contribution in [-0.2, 0) is 0 Å². The molecule has 0 fully saturated rings. The van der Waals surface area contributed by atoms with Crippen molar-refractivity contribution in [2.75, 3.05) is 17.6 Å². The maximum Gasteiger partial charge on any atom is 0.223 e. The van der Waals surface area contributed by atoms with Crippen molar-refractivity contribution in [1.82, 2.24) is 9.97 Å². The van der Waals surface area contributed by atoms with E-state index in [9.17, 15) is 5.11 Å². The van der Waals surface area contributed by atoms with E-state index in [1.165, 1.54) is 6.07 Å². The summed E-state index contributed by atoms with van der Waals surface area (Å²) in [6, 6.07) is 8.55. The third-order valence-corrected chi connectivity index (χ3v) is 2.85. The van der Waals surface area contributed by atoms with Crippen molar-refractivity contribution in [3.05, 3.63) is 46.1 Å². The molecule has 0 saturated heterocycles. The van der Waals surface area contributed by atoms with Gasteiger partial charge < -0.3 is 16.2 Å². The van der Waals surface area contributed by atoms with Gasteiger partial charge in [0.05, 0.1) is 6.10 Å². The molecule has 0 saturated carbocycles. The van der Waals surface area contributed by atoms with Crippen molar-refractivity contribution in [2.45, 2.75) is 6.10 Å². The minimum Gasteiger partial charge on any atom is -0.387 e. The van der Waals surface area contributed by atoms with Crippen LogP contribution >= 0.6 is 23.2 Å². The van der Waals surface area contributed by atoms with Gasteiger partial charge >= 0.3 is 0 Å². The largest absolute Gasteiger partial charge is 0.387 e. The first kappa shape index (κ1) is 13.9. The lowest BCUT2D eigenvalue weighted by atomic mass is 10.1. The number of hydrogen-bond acceptors (Lipinski definition) is 5. The Morgan fingerprint density at radius 1 is 1.26 bits per heavy atom. The Labute approximate surface area is 120 Å². The van der Waals surface area contributed by atoms with E-state index >= 15 is 0 Å². The minimum atomic E-state index is -0.714. The Morgan fingerprint density at radius 3 is 2.74 bits per heavy atom. The number of rotatable bonds is 4. The average Bonchev–Trinajstić information content (AvgIpc) is 2.35. The predicted molar refractivity (Wildman–Crippen MR) is 76.4 cm³/mol. The van der Waals surface area contributed by atoms with Gasteiger partial charge in [0.1, 0.15) is 11.0 Å². The second kappa shape index (κ2) is 6.06. The number of benzene rings is 1. The summed E-state index contributed by atoms with van der Waals surface area (Å²) in [4.78, 5) is 7.69. The maximum atomic E-state index is 10.0. The van der Waals surface area contributed by atoms with E-state index in [0.717, 1.165) is 0 Å². The minimum absolute atomic E-state index is 0.0762. The zero-order chi connectivity index (χ0) is 13.8. The highest BCUT2D eigenvalue weighted by molar-refractivity contribution is 6.30. The molecule has 0 amide bonds. The van der Waals surface area contributed by atoms with Crippen LogP contribution in [0.4, 0.5) is 11.8 Å². The van der Waals surface area contributed by atoms with E-state index in [4.69, 9.17) is 28.9 Å². The molecule has 0 aliphatic carbocycles. The Bertz CT molecular complexity index is 559. The van der Waals surface area contributed by atoms with Crippen LogP contribution in [0.15, 0.2) is 30.3 Å². The van der Waals surface area contributed by atoms with Crippen LogP contribution in [0.1, 0.15) is 11.7 Å². The lowest BCUT2D eigenvalue weighted by molar-refractivity contribution is 0.191. The van der Waals surface area contributed by atoms with Gasteiger partial charge in [-0.3, -0.25) is 0 Å². The Hall–Kier alpha value is -1.56. The van der Waals surface area contributed by atoms with Crippen LogP contribution in [0.2, 0.25) is 10.2 Å².